The van der Waals surface area contributed by atoms with Crippen LogP contribution in [-0.2, 0) is 19.1 Å². The molecule has 1 unspecified atom stereocenters. The van der Waals surface area contributed by atoms with E-state index in [2.05, 4.69) is 5.32 Å². The first-order chi connectivity index (χ1) is 11.5. The molecule has 1 amide bonds. The molecule has 1 aliphatic heterocycles. The number of esters is 1. The van der Waals surface area contributed by atoms with E-state index in [9.17, 15) is 9.59 Å². The topological polar surface area (TPSA) is 90.7 Å². The molecule has 0 radical (unpaired) electrons. The maximum Gasteiger partial charge on any atom is 0.308 e. The van der Waals surface area contributed by atoms with Crippen LogP contribution in [0.3, 0.4) is 0 Å². The van der Waals surface area contributed by atoms with Gasteiger partial charge in [-0.15, -0.1) is 12.4 Å². The summed E-state index contributed by atoms with van der Waals surface area (Å²) in [5, 5.41) is 2.92. The van der Waals surface area contributed by atoms with Gasteiger partial charge in [0.05, 0.1) is 24.7 Å². The number of halogens is 1. The molecule has 0 spiro atoms. The third-order valence-corrected chi connectivity index (χ3v) is 3.92. The van der Waals surface area contributed by atoms with E-state index in [-0.39, 0.29) is 42.9 Å². The summed E-state index contributed by atoms with van der Waals surface area (Å²) in [6.07, 6.45) is 0.743. The Bertz CT molecular complexity index is 553. The predicted molar refractivity (Wildman–Crippen MR) is 97.4 cm³/mol. The van der Waals surface area contributed by atoms with Crippen LogP contribution in [-0.4, -0.2) is 36.7 Å². The normalized spacial score (nSPS) is 20.6. The van der Waals surface area contributed by atoms with Crippen molar-refractivity contribution in [3.63, 3.8) is 0 Å². The lowest BCUT2D eigenvalue weighted by atomic mass is 10.0. The molecule has 140 valence electrons. The Hall–Kier alpha value is -1.63. The number of hydrogen-bond acceptors (Lipinski definition) is 5. The fourth-order valence-corrected chi connectivity index (χ4v) is 2.75. The van der Waals surface area contributed by atoms with E-state index in [1.54, 1.807) is 13.8 Å². The van der Waals surface area contributed by atoms with Crippen molar-refractivity contribution in [2.24, 2.45) is 5.73 Å². The van der Waals surface area contributed by atoms with Gasteiger partial charge in [0.1, 0.15) is 6.10 Å². The van der Waals surface area contributed by atoms with E-state index in [0.29, 0.717) is 13.0 Å². The molecule has 0 saturated carbocycles. The second-order valence-electron chi connectivity index (χ2n) is 6.27. The smallest absolute Gasteiger partial charge is 0.308 e. The van der Waals surface area contributed by atoms with Gasteiger partial charge in [0.2, 0.25) is 5.91 Å². The third-order valence-electron chi connectivity index (χ3n) is 3.92. The van der Waals surface area contributed by atoms with E-state index >= 15 is 0 Å². The molecule has 1 heterocycles. The first-order valence-electron chi connectivity index (χ1n) is 8.40. The zero-order valence-corrected chi connectivity index (χ0v) is 15.5. The fraction of sp³-hybridized carbons (Fsp3) is 0.556. The van der Waals surface area contributed by atoms with Crippen LogP contribution < -0.4 is 11.1 Å². The van der Waals surface area contributed by atoms with E-state index in [0.717, 1.165) is 12.0 Å². The van der Waals surface area contributed by atoms with Gasteiger partial charge in [0.25, 0.3) is 0 Å². The summed E-state index contributed by atoms with van der Waals surface area (Å²) < 4.78 is 10.8. The Morgan fingerprint density at radius 3 is 2.52 bits per heavy atom. The highest BCUT2D eigenvalue weighted by molar-refractivity contribution is 5.85. The van der Waals surface area contributed by atoms with Crippen LogP contribution >= 0.6 is 12.4 Å². The van der Waals surface area contributed by atoms with Gasteiger partial charge in [-0.05, 0) is 32.3 Å². The molecule has 1 aliphatic rings. The molecule has 3 N–H and O–H groups in total. The minimum atomic E-state index is -0.508. The van der Waals surface area contributed by atoms with Crippen LogP contribution in [0.2, 0.25) is 0 Å². The fourth-order valence-electron chi connectivity index (χ4n) is 2.75. The summed E-state index contributed by atoms with van der Waals surface area (Å²) in [6, 6.07) is 8.96. The molecule has 7 heteroatoms. The first kappa shape index (κ1) is 21.4. The van der Waals surface area contributed by atoms with Gasteiger partial charge in [-0.1, -0.05) is 30.3 Å². The van der Waals surface area contributed by atoms with Crippen molar-refractivity contribution in [3.8, 4) is 0 Å². The number of hydrogen-bond donors (Lipinski definition) is 2. The second kappa shape index (κ2) is 10.4. The van der Waals surface area contributed by atoms with Crippen molar-refractivity contribution in [2.75, 3.05) is 6.54 Å². The molecule has 6 nitrogen and oxygen atoms in total. The largest absolute Gasteiger partial charge is 0.463 e. The number of ether oxygens (including phenoxy) is 2. The average molecular weight is 371 g/mol. The number of benzene rings is 1. The van der Waals surface area contributed by atoms with Gasteiger partial charge in [0.15, 0.2) is 0 Å². The van der Waals surface area contributed by atoms with E-state index < -0.39 is 12.1 Å². The molecule has 3 atom stereocenters. The minimum Gasteiger partial charge on any atom is -0.463 e. The monoisotopic (exact) mass is 370 g/mol. The van der Waals surface area contributed by atoms with Crippen molar-refractivity contribution in [3.05, 3.63) is 35.9 Å². The summed E-state index contributed by atoms with van der Waals surface area (Å²) >= 11 is 0. The zero-order chi connectivity index (χ0) is 17.5. The molecule has 1 saturated heterocycles. The van der Waals surface area contributed by atoms with Crippen molar-refractivity contribution in [2.45, 2.75) is 57.5 Å². The maximum atomic E-state index is 12.5. The standard InChI is InChI=1S/C18H26N2O4.ClH/c1-12(2)23-17(21)10-15(13-6-4-3-5-7-13)20-18(22)16-9-8-14(11-19)24-16;/h3-7,12,14-16H,8-11,19H2,1-2H3,(H,20,22);1H/t14-,15?,16+;/m1./s1. The van der Waals surface area contributed by atoms with Crippen LogP contribution in [0.15, 0.2) is 30.3 Å². The van der Waals surface area contributed by atoms with Gasteiger partial charge in [-0.3, -0.25) is 9.59 Å². The Morgan fingerprint density at radius 2 is 1.96 bits per heavy atom. The lowest BCUT2D eigenvalue weighted by Crippen LogP contribution is -2.38. The van der Waals surface area contributed by atoms with Gasteiger partial charge in [0, 0.05) is 6.54 Å². The lowest BCUT2D eigenvalue weighted by molar-refractivity contribution is -0.148. The molecule has 1 aromatic rings. The summed E-state index contributed by atoms with van der Waals surface area (Å²) in [5.74, 6) is -0.552. The second-order valence-corrected chi connectivity index (χ2v) is 6.27. The molecule has 2 rings (SSSR count). The molecule has 1 fully saturated rings. The Labute approximate surface area is 154 Å². The number of rotatable bonds is 7. The molecule has 0 aliphatic carbocycles. The average Bonchev–Trinajstić information content (AvgIpc) is 3.03. The molecular formula is C18H27ClN2O4. The van der Waals surface area contributed by atoms with Crippen LogP contribution in [0.25, 0.3) is 0 Å². The highest BCUT2D eigenvalue weighted by Crippen LogP contribution is 2.22. The van der Waals surface area contributed by atoms with E-state index in [1.807, 2.05) is 30.3 Å². The summed E-state index contributed by atoms with van der Waals surface area (Å²) in [4.78, 5) is 24.5. The van der Waals surface area contributed by atoms with Crippen molar-refractivity contribution in [1.82, 2.24) is 5.32 Å². The highest BCUT2D eigenvalue weighted by Gasteiger charge is 2.31. The lowest BCUT2D eigenvalue weighted by Gasteiger charge is -2.21. The van der Waals surface area contributed by atoms with Crippen molar-refractivity contribution in [1.29, 1.82) is 0 Å². The van der Waals surface area contributed by atoms with Gasteiger partial charge >= 0.3 is 5.97 Å². The Morgan fingerprint density at radius 1 is 1.28 bits per heavy atom. The number of carbonyl (C=O) groups excluding carboxylic acids is 2. The zero-order valence-electron chi connectivity index (χ0n) is 14.6. The molecular weight excluding hydrogens is 344 g/mol. The number of nitrogens with two attached hydrogens (primary N) is 1. The SMILES string of the molecule is CC(C)OC(=O)CC(NC(=O)[C@@H]1CC[C@H](CN)O1)c1ccccc1.Cl. The summed E-state index contributed by atoms with van der Waals surface area (Å²) in [7, 11) is 0. The van der Waals surface area contributed by atoms with Crippen LogP contribution in [0.1, 0.15) is 44.7 Å². The first-order valence-corrected chi connectivity index (χ1v) is 8.40. The minimum absolute atomic E-state index is 0. The van der Waals surface area contributed by atoms with E-state index in [1.165, 1.54) is 0 Å². The van der Waals surface area contributed by atoms with Crippen molar-refractivity contribution >= 4 is 24.3 Å². The van der Waals surface area contributed by atoms with Gasteiger partial charge in [-0.25, -0.2) is 0 Å². The van der Waals surface area contributed by atoms with Crippen LogP contribution in [0, 0.1) is 0 Å². The van der Waals surface area contributed by atoms with E-state index in [4.69, 9.17) is 15.2 Å². The Kier molecular flexibility index (Phi) is 8.89. The number of nitrogens with one attached hydrogen (secondary N) is 1. The predicted octanol–water partition coefficient (Wildman–Crippen LogP) is 2.11. The van der Waals surface area contributed by atoms with Crippen LogP contribution in [0.4, 0.5) is 0 Å². The number of amides is 1. The third kappa shape index (κ3) is 6.65. The molecule has 0 bridgehead atoms. The van der Waals surface area contributed by atoms with Gasteiger partial charge < -0.3 is 20.5 Å². The van der Waals surface area contributed by atoms with Crippen LogP contribution in [0.5, 0.6) is 0 Å². The highest BCUT2D eigenvalue weighted by atomic mass is 35.5. The summed E-state index contributed by atoms with van der Waals surface area (Å²) in [6.45, 7) is 4.01. The molecule has 1 aromatic carbocycles. The number of carbonyl (C=O) groups is 2. The van der Waals surface area contributed by atoms with Gasteiger partial charge in [-0.2, -0.15) is 0 Å². The maximum absolute atomic E-state index is 12.5. The van der Waals surface area contributed by atoms with Crippen molar-refractivity contribution < 1.29 is 19.1 Å². The Balaban J connectivity index is 0.00000312. The molecule has 25 heavy (non-hydrogen) atoms. The summed E-state index contributed by atoms with van der Waals surface area (Å²) in [5.41, 5.74) is 6.44. The quantitative estimate of drug-likeness (QED) is 0.717. The molecule has 0 aromatic heterocycles.